The molecule has 0 aliphatic heterocycles. The van der Waals surface area contributed by atoms with Gasteiger partial charge in [-0.25, -0.2) is 4.39 Å². The van der Waals surface area contributed by atoms with Gasteiger partial charge < -0.3 is 10.2 Å². The molecule has 0 heterocycles. The predicted octanol–water partition coefficient (Wildman–Crippen LogP) is 1.82. The van der Waals surface area contributed by atoms with E-state index in [1.54, 1.807) is 13.0 Å². The Labute approximate surface area is 102 Å². The van der Waals surface area contributed by atoms with Gasteiger partial charge in [0.2, 0.25) is 0 Å². The first-order chi connectivity index (χ1) is 8.00. The summed E-state index contributed by atoms with van der Waals surface area (Å²) >= 11 is 0. The molecule has 0 fully saturated rings. The molecule has 94 valence electrons. The third kappa shape index (κ3) is 4.53. The third-order valence-electron chi connectivity index (χ3n) is 2.44. The van der Waals surface area contributed by atoms with E-state index < -0.39 is 5.82 Å². The van der Waals surface area contributed by atoms with Crippen LogP contribution in [0.15, 0.2) is 18.2 Å². The first-order valence-electron chi connectivity index (χ1n) is 5.70. The molecule has 4 heteroatoms. The quantitative estimate of drug-likeness (QED) is 0.794. The highest BCUT2D eigenvalue weighted by atomic mass is 19.1. The average Bonchev–Trinajstić information content (AvgIpc) is 2.23. The summed E-state index contributed by atoms with van der Waals surface area (Å²) in [6.45, 7) is 3.25. The number of carbonyl (C=O) groups is 1. The minimum atomic E-state index is -0.463. The molecular formula is C13H19FN2O. The van der Waals surface area contributed by atoms with E-state index in [-0.39, 0.29) is 11.5 Å². The second-order valence-corrected chi connectivity index (χ2v) is 4.40. The van der Waals surface area contributed by atoms with Crippen LogP contribution in [-0.4, -0.2) is 38.0 Å². The maximum absolute atomic E-state index is 13.5. The summed E-state index contributed by atoms with van der Waals surface area (Å²) in [4.78, 5) is 13.7. The number of benzene rings is 1. The van der Waals surface area contributed by atoms with Crippen LogP contribution in [0.1, 0.15) is 22.3 Å². The van der Waals surface area contributed by atoms with Crippen LogP contribution in [-0.2, 0) is 0 Å². The molecule has 0 saturated heterocycles. The van der Waals surface area contributed by atoms with Crippen LogP contribution in [0.3, 0.4) is 0 Å². The predicted molar refractivity (Wildman–Crippen MR) is 66.6 cm³/mol. The Bertz CT molecular complexity index is 391. The van der Waals surface area contributed by atoms with Gasteiger partial charge in [0, 0.05) is 6.54 Å². The first-order valence-corrected chi connectivity index (χ1v) is 5.70. The van der Waals surface area contributed by atoms with E-state index in [0.29, 0.717) is 6.54 Å². The van der Waals surface area contributed by atoms with E-state index in [1.165, 1.54) is 12.1 Å². The van der Waals surface area contributed by atoms with E-state index in [2.05, 4.69) is 5.32 Å². The van der Waals surface area contributed by atoms with Crippen molar-refractivity contribution in [3.63, 3.8) is 0 Å². The molecule has 0 aliphatic carbocycles. The van der Waals surface area contributed by atoms with Gasteiger partial charge in [-0.05, 0) is 51.7 Å². The molecule has 0 radical (unpaired) electrons. The molecule has 3 nitrogen and oxygen atoms in total. The molecule has 0 saturated carbocycles. The second kappa shape index (κ2) is 6.35. The van der Waals surface area contributed by atoms with Gasteiger partial charge in [-0.1, -0.05) is 6.07 Å². The zero-order valence-corrected chi connectivity index (χ0v) is 10.6. The van der Waals surface area contributed by atoms with Crippen molar-refractivity contribution in [1.29, 1.82) is 0 Å². The Kier molecular flexibility index (Phi) is 5.10. The van der Waals surface area contributed by atoms with Crippen LogP contribution in [0.5, 0.6) is 0 Å². The highest BCUT2D eigenvalue weighted by molar-refractivity contribution is 5.94. The molecule has 0 bridgehead atoms. The van der Waals surface area contributed by atoms with Gasteiger partial charge in [0.15, 0.2) is 0 Å². The Hall–Kier alpha value is -1.42. The van der Waals surface area contributed by atoms with Crippen LogP contribution >= 0.6 is 0 Å². The standard InChI is InChI=1S/C13H19FN2O/c1-10-5-6-11(12(14)9-10)13(17)15-7-4-8-16(2)3/h5-6,9H,4,7-8H2,1-3H3,(H,15,17). The fourth-order valence-corrected chi connectivity index (χ4v) is 1.50. The lowest BCUT2D eigenvalue weighted by Crippen LogP contribution is -2.27. The maximum Gasteiger partial charge on any atom is 0.254 e. The Morgan fingerprint density at radius 1 is 1.41 bits per heavy atom. The van der Waals surface area contributed by atoms with Gasteiger partial charge in [-0.15, -0.1) is 0 Å². The lowest BCUT2D eigenvalue weighted by Gasteiger charge is -2.10. The molecule has 1 rings (SSSR count). The normalized spacial score (nSPS) is 10.6. The van der Waals surface area contributed by atoms with Crippen LogP contribution in [0.25, 0.3) is 0 Å². The molecule has 0 aromatic heterocycles. The van der Waals surface area contributed by atoms with Gasteiger partial charge in [-0.3, -0.25) is 4.79 Å². The average molecular weight is 238 g/mol. The van der Waals surface area contributed by atoms with Crippen LogP contribution in [0.4, 0.5) is 4.39 Å². The van der Waals surface area contributed by atoms with Crippen LogP contribution in [0, 0.1) is 12.7 Å². The summed E-state index contributed by atoms with van der Waals surface area (Å²) in [7, 11) is 3.95. The van der Waals surface area contributed by atoms with Crippen molar-refractivity contribution in [3.05, 3.63) is 35.1 Å². The Morgan fingerprint density at radius 2 is 2.12 bits per heavy atom. The first kappa shape index (κ1) is 13.6. The zero-order valence-electron chi connectivity index (χ0n) is 10.6. The molecule has 0 unspecified atom stereocenters. The number of nitrogens with one attached hydrogen (secondary N) is 1. The summed E-state index contributed by atoms with van der Waals surface area (Å²) in [6, 6.07) is 4.62. The van der Waals surface area contributed by atoms with Crippen molar-refractivity contribution in [2.75, 3.05) is 27.2 Å². The summed E-state index contributed by atoms with van der Waals surface area (Å²) in [5.41, 5.74) is 0.923. The lowest BCUT2D eigenvalue weighted by molar-refractivity contribution is 0.0948. The van der Waals surface area contributed by atoms with Crippen LogP contribution in [0.2, 0.25) is 0 Å². The SMILES string of the molecule is Cc1ccc(C(=O)NCCCN(C)C)c(F)c1. The molecule has 0 atom stereocenters. The van der Waals surface area contributed by atoms with Gasteiger partial charge in [0.1, 0.15) is 5.82 Å². The summed E-state index contributed by atoms with van der Waals surface area (Å²) in [5, 5.41) is 2.71. The van der Waals surface area contributed by atoms with Crippen molar-refractivity contribution in [2.24, 2.45) is 0 Å². The summed E-state index contributed by atoms with van der Waals surface area (Å²) < 4.78 is 13.5. The number of nitrogens with zero attached hydrogens (tertiary/aromatic N) is 1. The molecule has 1 amide bonds. The highest BCUT2D eigenvalue weighted by Gasteiger charge is 2.10. The van der Waals surface area contributed by atoms with E-state index in [9.17, 15) is 9.18 Å². The Morgan fingerprint density at radius 3 is 2.71 bits per heavy atom. The number of amides is 1. The highest BCUT2D eigenvalue weighted by Crippen LogP contribution is 2.09. The summed E-state index contributed by atoms with van der Waals surface area (Å²) in [6.07, 6.45) is 0.853. The van der Waals surface area contributed by atoms with E-state index >= 15 is 0 Å². The Balaban J connectivity index is 2.47. The molecule has 0 aliphatic rings. The van der Waals surface area contributed by atoms with E-state index in [4.69, 9.17) is 0 Å². The molecule has 1 aromatic carbocycles. The number of carbonyl (C=O) groups excluding carboxylic acids is 1. The third-order valence-corrected chi connectivity index (χ3v) is 2.44. The molecule has 1 N–H and O–H groups in total. The molecule has 0 spiro atoms. The minimum absolute atomic E-state index is 0.112. The zero-order chi connectivity index (χ0) is 12.8. The van der Waals surface area contributed by atoms with E-state index in [0.717, 1.165) is 18.5 Å². The van der Waals surface area contributed by atoms with Crippen molar-refractivity contribution >= 4 is 5.91 Å². The largest absolute Gasteiger partial charge is 0.352 e. The lowest BCUT2D eigenvalue weighted by atomic mass is 10.1. The number of aryl methyl sites for hydroxylation is 1. The fourth-order valence-electron chi connectivity index (χ4n) is 1.50. The van der Waals surface area contributed by atoms with Crippen molar-refractivity contribution in [1.82, 2.24) is 10.2 Å². The van der Waals surface area contributed by atoms with Crippen molar-refractivity contribution in [3.8, 4) is 0 Å². The number of hydrogen-bond donors (Lipinski definition) is 1. The van der Waals surface area contributed by atoms with Crippen molar-refractivity contribution in [2.45, 2.75) is 13.3 Å². The van der Waals surface area contributed by atoms with Crippen molar-refractivity contribution < 1.29 is 9.18 Å². The number of hydrogen-bond acceptors (Lipinski definition) is 2. The smallest absolute Gasteiger partial charge is 0.254 e. The topological polar surface area (TPSA) is 32.3 Å². The van der Waals surface area contributed by atoms with Crippen LogP contribution < -0.4 is 5.32 Å². The maximum atomic E-state index is 13.5. The minimum Gasteiger partial charge on any atom is -0.352 e. The number of rotatable bonds is 5. The number of halogens is 1. The molecule has 17 heavy (non-hydrogen) atoms. The van der Waals surface area contributed by atoms with Gasteiger partial charge in [-0.2, -0.15) is 0 Å². The second-order valence-electron chi connectivity index (χ2n) is 4.40. The summed E-state index contributed by atoms with van der Waals surface area (Å²) in [5.74, 6) is -0.809. The van der Waals surface area contributed by atoms with E-state index in [1.807, 2.05) is 19.0 Å². The molecular weight excluding hydrogens is 219 g/mol. The fraction of sp³-hybridized carbons (Fsp3) is 0.462. The van der Waals surface area contributed by atoms with Gasteiger partial charge in [0.25, 0.3) is 5.91 Å². The van der Waals surface area contributed by atoms with Gasteiger partial charge in [0.05, 0.1) is 5.56 Å². The monoisotopic (exact) mass is 238 g/mol. The van der Waals surface area contributed by atoms with Gasteiger partial charge >= 0.3 is 0 Å². The molecule has 1 aromatic rings.